The van der Waals surface area contributed by atoms with E-state index in [1.165, 1.54) is 52.5 Å². The van der Waals surface area contributed by atoms with Crippen molar-refractivity contribution in [2.75, 3.05) is 27.9 Å². The van der Waals surface area contributed by atoms with Crippen molar-refractivity contribution in [3.63, 3.8) is 0 Å². The van der Waals surface area contributed by atoms with Gasteiger partial charge >= 0.3 is 37.4 Å². The molecule has 0 aliphatic carbocycles. The molecule has 0 fully saturated rings. The third-order valence-electron chi connectivity index (χ3n) is 3.56. The van der Waals surface area contributed by atoms with Crippen LogP contribution < -0.4 is 53.2 Å². The van der Waals surface area contributed by atoms with Crippen LogP contribution in [0.2, 0.25) is 0 Å². The Morgan fingerprint density at radius 3 is 1.93 bits per heavy atom. The van der Waals surface area contributed by atoms with E-state index >= 15 is 0 Å². The first kappa shape index (κ1) is 24.5. The normalized spacial score (nSPS) is 12.3. The van der Waals surface area contributed by atoms with Crippen LogP contribution in [0.5, 0.6) is 23.0 Å². The van der Waals surface area contributed by atoms with Crippen molar-refractivity contribution in [2.45, 2.75) is 6.92 Å². The molecule has 2 aromatic carbocycles. The van der Waals surface area contributed by atoms with Gasteiger partial charge in [-0.05, 0) is 31.2 Å². The van der Waals surface area contributed by atoms with Gasteiger partial charge in [-0.25, -0.2) is 0 Å². The van der Waals surface area contributed by atoms with Crippen molar-refractivity contribution in [2.24, 2.45) is 0 Å². The number of carbonyl (C=O) groups excluding carboxylic acids is 1. The van der Waals surface area contributed by atoms with Crippen molar-refractivity contribution >= 4 is 13.6 Å². The molecule has 0 radical (unpaired) electrons. The van der Waals surface area contributed by atoms with Gasteiger partial charge in [0.1, 0.15) is 28.6 Å². The molecule has 1 atom stereocenters. The van der Waals surface area contributed by atoms with E-state index in [4.69, 9.17) is 18.7 Å². The van der Waals surface area contributed by atoms with Gasteiger partial charge in [0.25, 0.3) is 0 Å². The summed E-state index contributed by atoms with van der Waals surface area (Å²) in [6.07, 6.45) is 0. The number of ketones is 1. The van der Waals surface area contributed by atoms with Crippen molar-refractivity contribution < 1.29 is 67.1 Å². The Morgan fingerprint density at radius 2 is 1.50 bits per heavy atom. The third kappa shape index (κ3) is 5.98. The fraction of sp³-hybridized carbons (Fsp3) is 0.278. The Hall–Kier alpha value is -1.54. The molecule has 0 aliphatic heterocycles. The van der Waals surface area contributed by atoms with E-state index < -0.39 is 7.82 Å². The number of hydrogen-bond donors (Lipinski definition) is 0. The van der Waals surface area contributed by atoms with Crippen LogP contribution in [-0.4, -0.2) is 33.7 Å². The second-order valence-electron chi connectivity index (χ2n) is 5.22. The summed E-state index contributed by atoms with van der Waals surface area (Å²) >= 11 is 0. The number of ether oxygens (including phenoxy) is 3. The van der Waals surface area contributed by atoms with Crippen molar-refractivity contribution in [3.8, 4) is 23.0 Å². The molecule has 2 aromatic rings. The summed E-state index contributed by atoms with van der Waals surface area (Å²) in [5, 5.41) is 0. The SMILES string of the molecule is CCOP(=O)([O-])Oc1ccc(C(=O)c2c(OC)cc(OC)cc2OC)cc1.[Na+]. The summed E-state index contributed by atoms with van der Waals surface area (Å²) in [6, 6.07) is 8.74. The van der Waals surface area contributed by atoms with Gasteiger partial charge < -0.3 is 28.2 Å². The molecule has 28 heavy (non-hydrogen) atoms. The molecule has 0 heterocycles. The summed E-state index contributed by atoms with van der Waals surface area (Å²) in [4.78, 5) is 24.5. The Kier molecular flexibility index (Phi) is 9.50. The first-order chi connectivity index (χ1) is 12.8. The molecule has 0 amide bonds. The van der Waals surface area contributed by atoms with E-state index in [-0.39, 0.29) is 64.8 Å². The molecule has 0 aromatic heterocycles. The number of carbonyl (C=O) groups is 1. The Morgan fingerprint density at radius 1 is 0.964 bits per heavy atom. The standard InChI is InChI=1S/C18H21O8P.Na/c1-5-25-27(20,21)26-13-8-6-12(7-9-13)18(19)17-15(23-3)10-14(22-2)11-16(17)24-4;/h6-11H,5H2,1-4H3,(H,20,21);/q;+1/p-1. The van der Waals surface area contributed by atoms with E-state index in [1.54, 1.807) is 12.1 Å². The van der Waals surface area contributed by atoms with Gasteiger partial charge in [0.05, 0.1) is 27.9 Å². The number of phosphoric acid groups is 1. The van der Waals surface area contributed by atoms with Gasteiger partial charge in [-0.3, -0.25) is 9.36 Å². The van der Waals surface area contributed by atoms with E-state index in [9.17, 15) is 14.3 Å². The Balaban J connectivity index is 0.00000392. The number of rotatable bonds is 9. The number of phosphoric ester groups is 1. The maximum absolute atomic E-state index is 12.9. The largest absolute Gasteiger partial charge is 1.00 e. The summed E-state index contributed by atoms with van der Waals surface area (Å²) in [6.45, 7) is 1.50. The minimum Gasteiger partial charge on any atom is -0.746 e. The average Bonchev–Trinajstić information content (AvgIpc) is 2.66. The van der Waals surface area contributed by atoms with Crippen LogP contribution in [0, 0.1) is 0 Å². The zero-order valence-corrected chi connectivity index (χ0v) is 19.3. The van der Waals surface area contributed by atoms with Crippen LogP contribution in [0.15, 0.2) is 36.4 Å². The molecule has 0 saturated carbocycles. The van der Waals surface area contributed by atoms with E-state index in [1.807, 2.05) is 0 Å². The summed E-state index contributed by atoms with van der Waals surface area (Å²) < 4.78 is 36.6. The van der Waals surface area contributed by atoms with Gasteiger partial charge in [-0.2, -0.15) is 0 Å². The predicted molar refractivity (Wildman–Crippen MR) is 95.8 cm³/mol. The zero-order chi connectivity index (χ0) is 20.0. The monoisotopic (exact) mass is 418 g/mol. The van der Waals surface area contributed by atoms with Gasteiger partial charge in [0.2, 0.25) is 5.78 Å². The fourth-order valence-corrected chi connectivity index (χ4v) is 3.10. The van der Waals surface area contributed by atoms with Crippen LogP contribution in [0.4, 0.5) is 0 Å². The molecule has 8 nitrogen and oxygen atoms in total. The molecule has 0 spiro atoms. The van der Waals surface area contributed by atoms with Crippen LogP contribution in [0.1, 0.15) is 22.8 Å². The average molecular weight is 418 g/mol. The molecule has 0 saturated heterocycles. The number of benzene rings is 2. The second kappa shape index (κ2) is 10.9. The zero-order valence-electron chi connectivity index (χ0n) is 16.4. The molecule has 0 N–H and O–H groups in total. The number of methoxy groups -OCH3 is 3. The Labute approximate surface area is 185 Å². The maximum atomic E-state index is 12.9. The molecule has 146 valence electrons. The third-order valence-corrected chi connectivity index (χ3v) is 4.57. The van der Waals surface area contributed by atoms with Gasteiger partial charge in [-0.1, -0.05) is 0 Å². The quantitative estimate of drug-likeness (QED) is 0.314. The van der Waals surface area contributed by atoms with Gasteiger partial charge in [0, 0.05) is 17.7 Å². The molecule has 0 aliphatic rings. The summed E-state index contributed by atoms with van der Waals surface area (Å²) in [7, 11) is -0.0792. The fourth-order valence-electron chi connectivity index (χ4n) is 2.35. The van der Waals surface area contributed by atoms with Crippen molar-refractivity contribution in [1.29, 1.82) is 0 Å². The Bertz CT molecular complexity index is 828. The second-order valence-corrected chi connectivity index (χ2v) is 6.55. The van der Waals surface area contributed by atoms with E-state index in [0.717, 1.165) is 0 Å². The molecule has 0 bridgehead atoms. The van der Waals surface area contributed by atoms with Crippen LogP contribution in [0.25, 0.3) is 0 Å². The first-order valence-electron chi connectivity index (χ1n) is 7.95. The van der Waals surface area contributed by atoms with Crippen LogP contribution in [0.3, 0.4) is 0 Å². The van der Waals surface area contributed by atoms with Crippen molar-refractivity contribution in [1.82, 2.24) is 0 Å². The van der Waals surface area contributed by atoms with Crippen LogP contribution in [-0.2, 0) is 9.09 Å². The van der Waals surface area contributed by atoms with E-state index in [0.29, 0.717) is 11.3 Å². The topological polar surface area (TPSA) is 103 Å². The minimum absolute atomic E-state index is 0. The molecular formula is C18H20NaO8P. The van der Waals surface area contributed by atoms with Crippen molar-refractivity contribution in [3.05, 3.63) is 47.5 Å². The predicted octanol–water partition coefficient (Wildman–Crippen LogP) is -0.169. The van der Waals surface area contributed by atoms with E-state index in [2.05, 4.69) is 4.52 Å². The van der Waals surface area contributed by atoms with Gasteiger partial charge in [-0.15, -0.1) is 0 Å². The smallest absolute Gasteiger partial charge is 0.746 e. The van der Waals surface area contributed by atoms with Crippen LogP contribution >= 0.6 is 7.82 Å². The summed E-state index contributed by atoms with van der Waals surface area (Å²) in [5.74, 6) is 0.722. The molecule has 2 rings (SSSR count). The van der Waals surface area contributed by atoms with Gasteiger partial charge in [0.15, 0.2) is 0 Å². The molecule has 10 heteroatoms. The maximum Gasteiger partial charge on any atom is 1.00 e. The first-order valence-corrected chi connectivity index (χ1v) is 9.41. The molecular weight excluding hydrogens is 398 g/mol. The minimum atomic E-state index is -4.43. The summed E-state index contributed by atoms with van der Waals surface area (Å²) in [5.41, 5.74) is 0.513. The number of hydrogen-bond acceptors (Lipinski definition) is 8. The molecule has 1 unspecified atom stereocenters.